The van der Waals surface area contributed by atoms with Crippen LogP contribution in [0.5, 0.6) is 5.75 Å². The first-order chi connectivity index (χ1) is 13.4. The number of ether oxygens (including phenoxy) is 1. The highest BCUT2D eigenvalue weighted by Crippen LogP contribution is 2.22. The van der Waals surface area contributed by atoms with Gasteiger partial charge < -0.3 is 20.1 Å². The molecule has 1 fully saturated rings. The molecule has 0 saturated heterocycles. The Morgan fingerprint density at radius 3 is 2.18 bits per heavy atom. The van der Waals surface area contributed by atoms with Crippen LogP contribution in [-0.2, 0) is 14.3 Å². The maximum atomic E-state index is 12.1. The molecule has 2 aromatic carbocycles. The third kappa shape index (κ3) is 5.33. The third-order valence-electron chi connectivity index (χ3n) is 4.40. The van der Waals surface area contributed by atoms with E-state index in [-0.39, 0.29) is 24.2 Å². The van der Waals surface area contributed by atoms with Gasteiger partial charge in [0.2, 0.25) is 5.91 Å². The Kier molecular flexibility index (Phi) is 5.93. The molecule has 2 aromatic rings. The van der Waals surface area contributed by atoms with E-state index >= 15 is 0 Å². The quantitative estimate of drug-likeness (QED) is 0.714. The van der Waals surface area contributed by atoms with Crippen molar-refractivity contribution in [2.45, 2.75) is 18.9 Å². The van der Waals surface area contributed by atoms with Crippen LogP contribution < -0.4 is 5.32 Å². The van der Waals surface area contributed by atoms with Gasteiger partial charge in [0.15, 0.2) is 6.61 Å². The second-order valence-electron chi connectivity index (χ2n) is 6.79. The van der Waals surface area contributed by atoms with Crippen molar-refractivity contribution in [3.63, 3.8) is 0 Å². The highest BCUT2D eigenvalue weighted by molar-refractivity contribution is 5.92. The first kappa shape index (κ1) is 19.4. The predicted octanol–water partition coefficient (Wildman–Crippen LogP) is 1.95. The van der Waals surface area contributed by atoms with Crippen molar-refractivity contribution in [1.29, 1.82) is 0 Å². The fourth-order valence-corrected chi connectivity index (χ4v) is 2.58. The van der Waals surface area contributed by atoms with Crippen molar-refractivity contribution in [2.24, 2.45) is 0 Å². The van der Waals surface area contributed by atoms with Gasteiger partial charge >= 0.3 is 5.97 Å². The molecule has 2 N–H and O–H groups in total. The zero-order valence-electron chi connectivity index (χ0n) is 15.6. The molecule has 146 valence electrons. The Morgan fingerprint density at radius 1 is 1.04 bits per heavy atom. The lowest BCUT2D eigenvalue weighted by atomic mass is 10.0. The monoisotopic (exact) mass is 382 g/mol. The van der Waals surface area contributed by atoms with E-state index in [0.29, 0.717) is 5.56 Å². The number of phenolic OH excluding ortho intramolecular Hbond substituents is 1. The first-order valence-corrected chi connectivity index (χ1v) is 9.02. The number of likely N-dealkylation sites (N-methyl/N-ethyl adjacent to an activating group) is 1. The fourth-order valence-electron chi connectivity index (χ4n) is 2.58. The van der Waals surface area contributed by atoms with Crippen LogP contribution in [0.25, 0.3) is 11.1 Å². The molecule has 1 aliphatic carbocycles. The van der Waals surface area contributed by atoms with Crippen LogP contribution in [0.15, 0.2) is 48.5 Å². The molecule has 0 atom stereocenters. The zero-order valence-corrected chi connectivity index (χ0v) is 15.6. The number of hydrogen-bond acceptors (Lipinski definition) is 5. The lowest BCUT2D eigenvalue weighted by Gasteiger charge is -2.16. The van der Waals surface area contributed by atoms with E-state index in [9.17, 15) is 19.5 Å². The Balaban J connectivity index is 1.49. The van der Waals surface area contributed by atoms with Gasteiger partial charge in [-0.3, -0.25) is 9.59 Å². The van der Waals surface area contributed by atoms with Crippen molar-refractivity contribution in [3.05, 3.63) is 54.1 Å². The van der Waals surface area contributed by atoms with Crippen molar-refractivity contribution in [2.75, 3.05) is 20.2 Å². The number of amides is 2. The van der Waals surface area contributed by atoms with Crippen LogP contribution in [0.3, 0.4) is 0 Å². The van der Waals surface area contributed by atoms with Crippen molar-refractivity contribution in [1.82, 2.24) is 10.2 Å². The molecule has 28 heavy (non-hydrogen) atoms. The molecule has 0 spiro atoms. The molecule has 0 unspecified atom stereocenters. The minimum absolute atomic E-state index is 0.0613. The lowest BCUT2D eigenvalue weighted by molar-refractivity contribution is -0.137. The first-order valence-electron chi connectivity index (χ1n) is 9.02. The van der Waals surface area contributed by atoms with E-state index in [1.165, 1.54) is 11.9 Å². The highest BCUT2D eigenvalue weighted by atomic mass is 16.5. The molecule has 1 aliphatic rings. The summed E-state index contributed by atoms with van der Waals surface area (Å²) in [5.74, 6) is -1.08. The van der Waals surface area contributed by atoms with Crippen LogP contribution in [0.4, 0.5) is 0 Å². The Bertz CT molecular complexity index is 857. The van der Waals surface area contributed by atoms with Gasteiger partial charge in [0, 0.05) is 13.1 Å². The summed E-state index contributed by atoms with van der Waals surface area (Å²) in [6.07, 6.45) is 1.96. The van der Waals surface area contributed by atoms with E-state index < -0.39 is 18.5 Å². The van der Waals surface area contributed by atoms with E-state index in [2.05, 4.69) is 5.32 Å². The van der Waals surface area contributed by atoms with Crippen molar-refractivity contribution >= 4 is 17.8 Å². The normalized spacial score (nSPS) is 12.9. The fraction of sp³-hybridized carbons (Fsp3) is 0.286. The third-order valence-corrected chi connectivity index (χ3v) is 4.40. The number of phenols is 1. The number of aromatic hydroxyl groups is 1. The number of nitrogens with one attached hydrogen (secondary N) is 1. The largest absolute Gasteiger partial charge is 0.508 e. The molecule has 7 nitrogen and oxygen atoms in total. The van der Waals surface area contributed by atoms with Crippen LogP contribution in [0.1, 0.15) is 23.2 Å². The van der Waals surface area contributed by atoms with E-state index in [4.69, 9.17) is 4.74 Å². The molecule has 2 amide bonds. The number of rotatable bonds is 7. The van der Waals surface area contributed by atoms with Crippen LogP contribution in [0.2, 0.25) is 0 Å². The summed E-state index contributed by atoms with van der Waals surface area (Å²) in [5, 5.41) is 12.1. The predicted molar refractivity (Wildman–Crippen MR) is 103 cm³/mol. The molecule has 3 rings (SSSR count). The smallest absolute Gasteiger partial charge is 0.338 e. The second-order valence-corrected chi connectivity index (χ2v) is 6.79. The topological polar surface area (TPSA) is 95.9 Å². The summed E-state index contributed by atoms with van der Waals surface area (Å²) in [6, 6.07) is 13.7. The van der Waals surface area contributed by atoms with E-state index in [1.54, 1.807) is 48.5 Å². The minimum atomic E-state index is -0.610. The number of esters is 1. The Morgan fingerprint density at radius 2 is 1.61 bits per heavy atom. The molecule has 0 aliphatic heterocycles. The van der Waals surface area contributed by atoms with Gasteiger partial charge in [0.25, 0.3) is 5.91 Å². The average molecular weight is 382 g/mol. The summed E-state index contributed by atoms with van der Waals surface area (Å²) >= 11 is 0. The molecule has 1 saturated carbocycles. The van der Waals surface area contributed by atoms with Gasteiger partial charge in [0.1, 0.15) is 5.75 Å². The van der Waals surface area contributed by atoms with Gasteiger partial charge in [-0.15, -0.1) is 0 Å². The van der Waals surface area contributed by atoms with Gasteiger partial charge in [-0.05, 0) is 48.2 Å². The van der Waals surface area contributed by atoms with Gasteiger partial charge in [-0.2, -0.15) is 0 Å². The van der Waals surface area contributed by atoms with E-state index in [1.807, 2.05) is 0 Å². The number of carbonyl (C=O) groups is 3. The van der Waals surface area contributed by atoms with Gasteiger partial charge in [-0.1, -0.05) is 24.3 Å². The molecule has 0 radical (unpaired) electrons. The highest BCUT2D eigenvalue weighted by Gasteiger charge is 2.24. The minimum Gasteiger partial charge on any atom is -0.508 e. The molecule has 7 heteroatoms. The maximum Gasteiger partial charge on any atom is 0.338 e. The summed E-state index contributed by atoms with van der Waals surface area (Å²) in [5.41, 5.74) is 2.11. The van der Waals surface area contributed by atoms with Crippen LogP contribution >= 0.6 is 0 Å². The van der Waals surface area contributed by atoms with Crippen molar-refractivity contribution < 1.29 is 24.2 Å². The summed E-state index contributed by atoms with van der Waals surface area (Å²) in [4.78, 5) is 37.1. The number of nitrogens with zero attached hydrogens (tertiary/aromatic N) is 1. The SMILES string of the molecule is CN(CC(=O)NC1CC1)C(=O)COC(=O)c1ccc(-c2ccc(O)cc2)cc1. The molecular formula is C21H22N2O5. The lowest BCUT2D eigenvalue weighted by Crippen LogP contribution is -2.40. The standard InChI is InChI=1S/C21H22N2O5/c1-23(12-19(25)22-17-8-9-17)20(26)13-28-21(27)16-4-2-14(3-5-16)15-6-10-18(24)11-7-15/h2-7,10-11,17,24H,8-9,12-13H2,1H3,(H,22,25). The zero-order chi connectivity index (χ0) is 20.1. The summed E-state index contributed by atoms with van der Waals surface area (Å²) in [6.45, 7) is -0.486. The average Bonchev–Trinajstić information content (AvgIpc) is 3.50. The number of hydrogen-bond donors (Lipinski definition) is 2. The van der Waals surface area contributed by atoms with E-state index in [0.717, 1.165) is 24.0 Å². The molecule has 0 heterocycles. The second kappa shape index (κ2) is 8.56. The van der Waals surface area contributed by atoms with Crippen molar-refractivity contribution in [3.8, 4) is 16.9 Å². The molecule has 0 aromatic heterocycles. The van der Waals surface area contributed by atoms with Gasteiger partial charge in [0.05, 0.1) is 12.1 Å². The Hall–Kier alpha value is -3.35. The Labute approximate surface area is 162 Å². The van der Waals surface area contributed by atoms with Gasteiger partial charge in [-0.25, -0.2) is 4.79 Å². The summed E-state index contributed by atoms with van der Waals surface area (Å²) < 4.78 is 5.05. The van der Waals surface area contributed by atoms with Crippen LogP contribution in [0, 0.1) is 0 Å². The molecule has 0 bridgehead atoms. The molecular weight excluding hydrogens is 360 g/mol. The van der Waals surface area contributed by atoms with Crippen LogP contribution in [-0.4, -0.2) is 54.0 Å². The summed E-state index contributed by atoms with van der Waals surface area (Å²) in [7, 11) is 1.50. The number of carbonyl (C=O) groups excluding carboxylic acids is 3. The maximum absolute atomic E-state index is 12.1. The number of benzene rings is 2.